The van der Waals surface area contributed by atoms with Gasteiger partial charge < -0.3 is 20.1 Å². The molecule has 0 amide bonds. The number of aliphatic imine (C=N–C) groups is 1. The minimum atomic E-state index is -0.250. The first-order valence-corrected chi connectivity index (χ1v) is 8.16. The summed E-state index contributed by atoms with van der Waals surface area (Å²) >= 11 is 0. The average molecular weight is 450 g/mol. The van der Waals surface area contributed by atoms with E-state index in [0.717, 1.165) is 24.5 Å². The molecule has 0 aliphatic heterocycles. The normalized spacial score (nSPS) is 11.6. The van der Waals surface area contributed by atoms with Gasteiger partial charge in [-0.3, -0.25) is 0 Å². The summed E-state index contributed by atoms with van der Waals surface area (Å²) in [7, 11) is 1.71. The second-order valence-electron chi connectivity index (χ2n) is 5.83. The standard InChI is InChI=1S/C17H30N4O2.HI/c1-6-11-23-15-14(9-8-10-19-15)12-20-16(18-7-2)21-13-17(3,4)22-5;/h8-10H,6-7,11-13H2,1-5H3,(H2,18,20,21);1H. The van der Waals surface area contributed by atoms with E-state index >= 15 is 0 Å². The molecule has 0 saturated heterocycles. The highest BCUT2D eigenvalue weighted by Gasteiger charge is 2.16. The number of hydrogen-bond acceptors (Lipinski definition) is 4. The second-order valence-corrected chi connectivity index (χ2v) is 5.83. The predicted molar refractivity (Wildman–Crippen MR) is 109 cm³/mol. The van der Waals surface area contributed by atoms with Crippen LogP contribution < -0.4 is 15.4 Å². The smallest absolute Gasteiger partial charge is 0.218 e. The molecule has 1 aromatic rings. The molecular formula is C17H31IN4O2. The lowest BCUT2D eigenvalue weighted by molar-refractivity contribution is 0.0268. The number of hydrogen-bond donors (Lipinski definition) is 2. The molecule has 2 N–H and O–H groups in total. The molecule has 0 radical (unpaired) electrons. The lowest BCUT2D eigenvalue weighted by Gasteiger charge is -2.24. The molecule has 6 nitrogen and oxygen atoms in total. The van der Waals surface area contributed by atoms with Crippen LogP contribution in [0.5, 0.6) is 5.88 Å². The number of pyridine rings is 1. The van der Waals surface area contributed by atoms with Gasteiger partial charge in [-0.2, -0.15) is 0 Å². The lowest BCUT2D eigenvalue weighted by atomic mass is 10.1. The minimum Gasteiger partial charge on any atom is -0.477 e. The first-order chi connectivity index (χ1) is 11.0. The first kappa shape index (κ1) is 22.9. The largest absolute Gasteiger partial charge is 0.477 e. The van der Waals surface area contributed by atoms with Gasteiger partial charge in [-0.1, -0.05) is 13.0 Å². The Kier molecular flexibility index (Phi) is 11.7. The van der Waals surface area contributed by atoms with Gasteiger partial charge in [0, 0.05) is 32.0 Å². The maximum absolute atomic E-state index is 5.67. The molecule has 0 aliphatic rings. The van der Waals surface area contributed by atoms with Crippen molar-refractivity contribution in [1.29, 1.82) is 0 Å². The number of nitrogens with one attached hydrogen (secondary N) is 2. The van der Waals surface area contributed by atoms with Crippen LogP contribution in [-0.4, -0.2) is 43.4 Å². The van der Waals surface area contributed by atoms with Gasteiger partial charge in [0.1, 0.15) is 0 Å². The third-order valence-electron chi connectivity index (χ3n) is 3.28. The van der Waals surface area contributed by atoms with Gasteiger partial charge in [-0.15, -0.1) is 24.0 Å². The molecule has 138 valence electrons. The molecule has 0 aliphatic carbocycles. The van der Waals surface area contributed by atoms with E-state index < -0.39 is 0 Å². The van der Waals surface area contributed by atoms with Crippen molar-refractivity contribution in [1.82, 2.24) is 15.6 Å². The Hall–Kier alpha value is -1.09. The number of aromatic nitrogens is 1. The number of rotatable bonds is 9. The monoisotopic (exact) mass is 450 g/mol. The third-order valence-corrected chi connectivity index (χ3v) is 3.28. The van der Waals surface area contributed by atoms with Gasteiger partial charge in [0.2, 0.25) is 5.88 Å². The van der Waals surface area contributed by atoms with Gasteiger partial charge in [-0.05, 0) is 33.3 Å². The van der Waals surface area contributed by atoms with Crippen LogP contribution in [0, 0.1) is 0 Å². The van der Waals surface area contributed by atoms with E-state index in [4.69, 9.17) is 9.47 Å². The fraction of sp³-hybridized carbons (Fsp3) is 0.647. The molecule has 0 bridgehead atoms. The third kappa shape index (κ3) is 8.68. The summed E-state index contributed by atoms with van der Waals surface area (Å²) in [5.41, 5.74) is 0.726. The lowest BCUT2D eigenvalue weighted by Crippen LogP contribution is -2.45. The molecule has 0 saturated carbocycles. The summed E-state index contributed by atoms with van der Waals surface area (Å²) in [5, 5.41) is 6.53. The van der Waals surface area contributed by atoms with Gasteiger partial charge in [0.25, 0.3) is 0 Å². The van der Waals surface area contributed by atoms with Crippen molar-refractivity contribution in [3.05, 3.63) is 23.9 Å². The van der Waals surface area contributed by atoms with Crippen LogP contribution >= 0.6 is 24.0 Å². The van der Waals surface area contributed by atoms with Crippen LogP contribution in [0.3, 0.4) is 0 Å². The highest BCUT2D eigenvalue weighted by molar-refractivity contribution is 14.0. The van der Waals surface area contributed by atoms with E-state index in [1.807, 2.05) is 32.9 Å². The van der Waals surface area contributed by atoms with Crippen LogP contribution in [0.2, 0.25) is 0 Å². The molecule has 1 aromatic heterocycles. The molecule has 0 spiro atoms. The molecule has 1 heterocycles. The number of ether oxygens (including phenoxy) is 2. The quantitative estimate of drug-likeness (QED) is 0.344. The number of methoxy groups -OCH3 is 1. The molecule has 1 rings (SSSR count). The van der Waals surface area contributed by atoms with Gasteiger partial charge in [0.15, 0.2) is 5.96 Å². The van der Waals surface area contributed by atoms with Gasteiger partial charge in [0.05, 0.1) is 18.8 Å². The Morgan fingerprint density at radius 2 is 2.04 bits per heavy atom. The van der Waals surface area contributed by atoms with E-state index in [0.29, 0.717) is 25.6 Å². The van der Waals surface area contributed by atoms with E-state index in [1.54, 1.807) is 13.3 Å². The van der Waals surface area contributed by atoms with Crippen molar-refractivity contribution in [2.45, 2.75) is 46.3 Å². The molecule has 0 aromatic carbocycles. The Morgan fingerprint density at radius 1 is 1.29 bits per heavy atom. The Bertz CT molecular complexity index is 495. The summed E-state index contributed by atoms with van der Waals surface area (Å²) in [4.78, 5) is 8.90. The van der Waals surface area contributed by atoms with E-state index in [9.17, 15) is 0 Å². The Balaban J connectivity index is 0.00000529. The van der Waals surface area contributed by atoms with E-state index in [2.05, 4.69) is 27.5 Å². The fourth-order valence-electron chi connectivity index (χ4n) is 1.75. The number of halogens is 1. The van der Waals surface area contributed by atoms with Gasteiger partial charge in [-0.25, -0.2) is 9.98 Å². The predicted octanol–water partition coefficient (Wildman–Crippen LogP) is 2.97. The van der Waals surface area contributed by atoms with E-state index in [-0.39, 0.29) is 29.6 Å². The zero-order valence-electron chi connectivity index (χ0n) is 15.4. The molecular weight excluding hydrogens is 419 g/mol. The summed E-state index contributed by atoms with van der Waals surface area (Å²) in [6.45, 7) is 10.8. The topological polar surface area (TPSA) is 67.8 Å². The minimum absolute atomic E-state index is 0. The van der Waals surface area contributed by atoms with Crippen molar-refractivity contribution >= 4 is 29.9 Å². The number of nitrogens with zero attached hydrogens (tertiary/aromatic N) is 2. The van der Waals surface area contributed by atoms with Crippen molar-refractivity contribution in [3.63, 3.8) is 0 Å². The highest BCUT2D eigenvalue weighted by atomic mass is 127. The SMILES string of the molecule is CCCOc1ncccc1CN=C(NCC)NCC(C)(C)OC.I. The summed E-state index contributed by atoms with van der Waals surface area (Å²) in [6.07, 6.45) is 2.69. The van der Waals surface area contributed by atoms with Crippen LogP contribution in [0.25, 0.3) is 0 Å². The van der Waals surface area contributed by atoms with Crippen molar-refractivity contribution in [2.75, 3.05) is 26.8 Å². The molecule has 0 atom stereocenters. The van der Waals surface area contributed by atoms with Crippen LogP contribution in [-0.2, 0) is 11.3 Å². The second kappa shape index (κ2) is 12.3. The summed E-state index contributed by atoms with van der Waals surface area (Å²) in [5.74, 6) is 1.41. The molecule has 24 heavy (non-hydrogen) atoms. The van der Waals surface area contributed by atoms with Crippen LogP contribution in [0.15, 0.2) is 23.3 Å². The zero-order chi connectivity index (χ0) is 17.1. The molecule has 0 fully saturated rings. The van der Waals surface area contributed by atoms with Crippen LogP contribution in [0.4, 0.5) is 0 Å². The highest BCUT2D eigenvalue weighted by Crippen LogP contribution is 2.15. The Labute approximate surface area is 162 Å². The van der Waals surface area contributed by atoms with Gasteiger partial charge >= 0.3 is 0 Å². The number of guanidine groups is 1. The zero-order valence-corrected chi connectivity index (χ0v) is 17.7. The van der Waals surface area contributed by atoms with E-state index in [1.165, 1.54) is 0 Å². The summed E-state index contributed by atoms with van der Waals surface area (Å²) in [6, 6.07) is 3.89. The maximum atomic E-state index is 5.67. The molecule has 7 heteroatoms. The Morgan fingerprint density at radius 3 is 2.67 bits per heavy atom. The van der Waals surface area contributed by atoms with Crippen molar-refractivity contribution < 1.29 is 9.47 Å². The molecule has 0 unspecified atom stereocenters. The first-order valence-electron chi connectivity index (χ1n) is 8.16. The fourth-order valence-corrected chi connectivity index (χ4v) is 1.75. The van der Waals surface area contributed by atoms with Crippen LogP contribution in [0.1, 0.15) is 39.7 Å². The summed E-state index contributed by atoms with van der Waals surface area (Å²) < 4.78 is 11.1. The average Bonchev–Trinajstić information content (AvgIpc) is 2.56. The van der Waals surface area contributed by atoms with Crippen molar-refractivity contribution in [2.24, 2.45) is 4.99 Å². The maximum Gasteiger partial charge on any atom is 0.218 e. The van der Waals surface area contributed by atoms with Crippen molar-refractivity contribution in [3.8, 4) is 5.88 Å².